The van der Waals surface area contributed by atoms with Crippen molar-refractivity contribution in [1.82, 2.24) is 0 Å². The Labute approximate surface area is 70.7 Å². The maximum Gasteiger partial charge on any atom is 0.309 e. The molecular formula is C9H12O3. The fraction of sp³-hybridized carbons (Fsp3) is 0.889. The van der Waals surface area contributed by atoms with Crippen molar-refractivity contribution in [3.05, 3.63) is 0 Å². The monoisotopic (exact) mass is 168 g/mol. The van der Waals surface area contributed by atoms with Gasteiger partial charge in [0.1, 0.15) is 6.10 Å². The van der Waals surface area contributed by atoms with Gasteiger partial charge in [0.05, 0.1) is 12.0 Å². The highest BCUT2D eigenvalue weighted by Gasteiger charge is 2.65. The van der Waals surface area contributed by atoms with Crippen molar-refractivity contribution in [3.8, 4) is 0 Å². The predicted molar refractivity (Wildman–Crippen MR) is 40.1 cm³/mol. The average Bonchev–Trinajstić information content (AvgIpc) is 2.55. The van der Waals surface area contributed by atoms with Crippen molar-refractivity contribution >= 4 is 5.97 Å². The third kappa shape index (κ3) is 0.534. The van der Waals surface area contributed by atoms with E-state index < -0.39 is 0 Å². The zero-order chi connectivity index (χ0) is 8.46. The van der Waals surface area contributed by atoms with Gasteiger partial charge in [-0.1, -0.05) is 6.92 Å². The van der Waals surface area contributed by atoms with Crippen molar-refractivity contribution in [2.75, 3.05) is 0 Å². The summed E-state index contributed by atoms with van der Waals surface area (Å²) < 4.78 is 5.13. The predicted octanol–water partition coefficient (Wildman–Crippen LogP) is 0.175. The number of fused-ring (bicyclic) bond motifs is 1. The first-order valence-corrected chi connectivity index (χ1v) is 4.58. The van der Waals surface area contributed by atoms with E-state index in [1.54, 1.807) is 0 Å². The molecule has 3 fully saturated rings. The Balaban J connectivity index is 2.06. The molecule has 0 amide bonds. The van der Waals surface area contributed by atoms with Gasteiger partial charge in [0, 0.05) is 5.92 Å². The number of hydrogen-bond donors (Lipinski definition) is 1. The molecule has 3 rings (SSSR count). The molecule has 2 aliphatic carbocycles. The van der Waals surface area contributed by atoms with E-state index in [4.69, 9.17) is 4.74 Å². The number of esters is 1. The highest BCUT2D eigenvalue weighted by molar-refractivity contribution is 5.76. The second kappa shape index (κ2) is 1.84. The first-order chi connectivity index (χ1) is 5.70. The summed E-state index contributed by atoms with van der Waals surface area (Å²) in [6.45, 7) is 2.13. The van der Waals surface area contributed by atoms with Crippen molar-refractivity contribution in [2.45, 2.75) is 25.6 Å². The molecule has 0 aromatic rings. The van der Waals surface area contributed by atoms with Gasteiger partial charge in [-0.05, 0) is 18.3 Å². The molecule has 1 N–H and O–H groups in total. The topological polar surface area (TPSA) is 46.5 Å². The summed E-state index contributed by atoms with van der Waals surface area (Å²) in [7, 11) is 0. The molecule has 3 heteroatoms. The number of aliphatic hydroxyl groups excluding tert-OH is 1. The number of hydrogen-bond acceptors (Lipinski definition) is 3. The van der Waals surface area contributed by atoms with Gasteiger partial charge in [-0.15, -0.1) is 0 Å². The lowest BCUT2D eigenvalue weighted by Gasteiger charge is -2.19. The van der Waals surface area contributed by atoms with Crippen LogP contribution in [0.25, 0.3) is 0 Å². The Hall–Kier alpha value is -0.570. The number of aliphatic hydroxyl groups is 1. The first-order valence-electron chi connectivity index (χ1n) is 4.58. The van der Waals surface area contributed by atoms with E-state index in [0.717, 1.165) is 6.42 Å². The summed E-state index contributed by atoms with van der Waals surface area (Å²) in [5.41, 5.74) is 0. The molecular weight excluding hydrogens is 156 g/mol. The summed E-state index contributed by atoms with van der Waals surface area (Å²) in [4.78, 5) is 11.3. The van der Waals surface area contributed by atoms with Gasteiger partial charge in [-0.3, -0.25) is 4.79 Å². The van der Waals surface area contributed by atoms with Crippen LogP contribution >= 0.6 is 0 Å². The average molecular weight is 168 g/mol. The lowest BCUT2D eigenvalue weighted by molar-refractivity contribution is -0.145. The lowest BCUT2D eigenvalue weighted by atomic mass is 9.88. The Morgan fingerprint density at radius 3 is 2.92 bits per heavy atom. The summed E-state index contributed by atoms with van der Waals surface area (Å²) >= 11 is 0. The number of rotatable bonds is 0. The minimum absolute atomic E-state index is 0.0732. The van der Waals surface area contributed by atoms with Crippen molar-refractivity contribution in [2.24, 2.45) is 23.7 Å². The van der Waals surface area contributed by atoms with Gasteiger partial charge in [0.15, 0.2) is 0 Å². The summed E-state index contributed by atoms with van der Waals surface area (Å²) in [5, 5.41) is 9.72. The minimum Gasteiger partial charge on any atom is -0.459 e. The largest absolute Gasteiger partial charge is 0.459 e. The molecule has 3 nitrogen and oxygen atoms in total. The van der Waals surface area contributed by atoms with Gasteiger partial charge in [-0.2, -0.15) is 0 Å². The number of carbonyl (C=O) groups is 1. The van der Waals surface area contributed by atoms with Crippen LogP contribution in [0.3, 0.4) is 0 Å². The Morgan fingerprint density at radius 1 is 1.58 bits per heavy atom. The van der Waals surface area contributed by atoms with E-state index in [1.165, 1.54) is 0 Å². The van der Waals surface area contributed by atoms with Crippen molar-refractivity contribution in [3.63, 3.8) is 0 Å². The Bertz CT molecular complexity index is 246. The summed E-state index contributed by atoms with van der Waals surface area (Å²) in [5.74, 6) is 1.14. The van der Waals surface area contributed by atoms with E-state index in [2.05, 4.69) is 6.92 Å². The summed E-state index contributed by atoms with van der Waals surface area (Å²) in [6.07, 6.45) is 0.298. The smallest absolute Gasteiger partial charge is 0.309 e. The van der Waals surface area contributed by atoms with Crippen LogP contribution in [0, 0.1) is 23.7 Å². The third-order valence-electron chi connectivity index (χ3n) is 3.98. The third-order valence-corrected chi connectivity index (χ3v) is 3.98. The fourth-order valence-corrected chi connectivity index (χ4v) is 3.39. The van der Waals surface area contributed by atoms with E-state index in [-0.39, 0.29) is 24.1 Å². The van der Waals surface area contributed by atoms with Crippen LogP contribution in [-0.4, -0.2) is 23.3 Å². The van der Waals surface area contributed by atoms with Crippen LogP contribution in [0.5, 0.6) is 0 Å². The van der Waals surface area contributed by atoms with E-state index >= 15 is 0 Å². The zero-order valence-corrected chi connectivity index (χ0v) is 6.93. The van der Waals surface area contributed by atoms with Crippen LogP contribution < -0.4 is 0 Å². The molecule has 3 aliphatic rings. The van der Waals surface area contributed by atoms with Gasteiger partial charge in [0.25, 0.3) is 0 Å². The Kier molecular flexibility index (Phi) is 1.06. The molecule has 2 bridgehead atoms. The maximum atomic E-state index is 11.3. The second-order valence-corrected chi connectivity index (χ2v) is 4.33. The highest BCUT2D eigenvalue weighted by atomic mass is 16.6. The zero-order valence-electron chi connectivity index (χ0n) is 6.93. The molecule has 0 aromatic heterocycles. The molecule has 2 saturated carbocycles. The van der Waals surface area contributed by atoms with Crippen LogP contribution in [0.1, 0.15) is 13.3 Å². The fourth-order valence-electron chi connectivity index (χ4n) is 3.39. The van der Waals surface area contributed by atoms with Crippen molar-refractivity contribution < 1.29 is 14.6 Å². The molecule has 0 radical (unpaired) electrons. The Morgan fingerprint density at radius 2 is 2.33 bits per heavy atom. The standard InChI is InChI=1S/C9H12O3/c1-3-4-2-5-6(3)8(7(4)10)12-9(5)11/h3-8,10H,2H2,1H3. The molecule has 1 saturated heterocycles. The van der Waals surface area contributed by atoms with E-state index in [9.17, 15) is 9.90 Å². The van der Waals surface area contributed by atoms with Gasteiger partial charge in [-0.25, -0.2) is 0 Å². The van der Waals surface area contributed by atoms with Crippen LogP contribution in [-0.2, 0) is 9.53 Å². The number of ether oxygens (including phenoxy) is 1. The quantitative estimate of drug-likeness (QED) is 0.525. The number of carbonyl (C=O) groups excluding carboxylic acids is 1. The SMILES string of the molecule is CC1C2CC3C(=O)OC(C2O)C31. The van der Waals surface area contributed by atoms with Crippen LogP contribution in [0.2, 0.25) is 0 Å². The molecule has 0 aromatic carbocycles. The molecule has 1 heterocycles. The van der Waals surface area contributed by atoms with Gasteiger partial charge in [0.2, 0.25) is 0 Å². The van der Waals surface area contributed by atoms with E-state index in [0.29, 0.717) is 17.8 Å². The normalized spacial score (nSPS) is 61.0. The van der Waals surface area contributed by atoms with E-state index in [1.807, 2.05) is 0 Å². The summed E-state index contributed by atoms with van der Waals surface area (Å²) in [6, 6.07) is 0. The maximum absolute atomic E-state index is 11.3. The van der Waals surface area contributed by atoms with Gasteiger partial charge < -0.3 is 9.84 Å². The minimum atomic E-state index is -0.382. The highest BCUT2D eigenvalue weighted by Crippen LogP contribution is 2.57. The first kappa shape index (κ1) is 6.89. The molecule has 66 valence electrons. The van der Waals surface area contributed by atoms with Gasteiger partial charge >= 0.3 is 5.97 Å². The lowest BCUT2D eigenvalue weighted by Crippen LogP contribution is -2.31. The molecule has 6 unspecified atom stereocenters. The van der Waals surface area contributed by atoms with Crippen molar-refractivity contribution in [1.29, 1.82) is 0 Å². The molecule has 1 aliphatic heterocycles. The molecule has 0 spiro atoms. The van der Waals surface area contributed by atoms with Crippen LogP contribution in [0.4, 0.5) is 0 Å². The molecule has 12 heavy (non-hydrogen) atoms. The molecule has 6 atom stereocenters. The van der Waals surface area contributed by atoms with Crippen LogP contribution in [0.15, 0.2) is 0 Å². The second-order valence-electron chi connectivity index (χ2n) is 4.33.